The molecule has 4 rings (SSSR count). The molecule has 1 aromatic carbocycles. The van der Waals surface area contributed by atoms with Crippen molar-refractivity contribution < 1.29 is 14.3 Å². The third-order valence-corrected chi connectivity index (χ3v) is 6.17. The van der Waals surface area contributed by atoms with Crippen molar-refractivity contribution >= 4 is 5.91 Å². The Kier molecular flexibility index (Phi) is 5.62. The highest BCUT2D eigenvalue weighted by Crippen LogP contribution is 2.39. The molecule has 0 saturated carbocycles. The summed E-state index contributed by atoms with van der Waals surface area (Å²) < 4.78 is 11.5. The van der Waals surface area contributed by atoms with Crippen LogP contribution in [0.15, 0.2) is 48.8 Å². The zero-order valence-electron chi connectivity index (χ0n) is 16.5. The first-order valence-corrected chi connectivity index (χ1v) is 10.1. The van der Waals surface area contributed by atoms with E-state index in [1.807, 2.05) is 17.0 Å². The molecule has 1 amide bonds. The van der Waals surface area contributed by atoms with Gasteiger partial charge in [-0.2, -0.15) is 0 Å². The number of pyridine rings is 1. The van der Waals surface area contributed by atoms with Gasteiger partial charge in [-0.15, -0.1) is 0 Å². The second-order valence-electron chi connectivity index (χ2n) is 7.97. The predicted molar refractivity (Wildman–Crippen MR) is 107 cm³/mol. The molecular weight excluding hydrogens is 352 g/mol. The summed E-state index contributed by atoms with van der Waals surface area (Å²) in [6.07, 6.45) is 8.45. The van der Waals surface area contributed by atoms with Gasteiger partial charge in [-0.05, 0) is 67.9 Å². The smallest absolute Gasteiger partial charge is 0.253 e. The van der Waals surface area contributed by atoms with Crippen LogP contribution < -0.4 is 4.74 Å². The summed E-state index contributed by atoms with van der Waals surface area (Å²) in [6.45, 7) is 2.34. The molecule has 0 aliphatic carbocycles. The van der Waals surface area contributed by atoms with Gasteiger partial charge < -0.3 is 14.4 Å². The van der Waals surface area contributed by atoms with Crippen LogP contribution in [0.1, 0.15) is 41.6 Å². The molecule has 1 atom stereocenters. The number of rotatable bonds is 4. The molecule has 5 heteroatoms. The number of nitrogens with zero attached hydrogens (tertiary/aromatic N) is 2. The summed E-state index contributed by atoms with van der Waals surface area (Å²) in [4.78, 5) is 18.6. The van der Waals surface area contributed by atoms with E-state index in [9.17, 15) is 4.79 Å². The number of likely N-dealkylation sites (tertiary alicyclic amines) is 1. The van der Waals surface area contributed by atoms with Gasteiger partial charge in [-0.3, -0.25) is 9.78 Å². The maximum atomic E-state index is 12.7. The third kappa shape index (κ3) is 4.20. The Morgan fingerprint density at radius 3 is 2.57 bits per heavy atom. The average molecular weight is 380 g/mol. The predicted octanol–water partition coefficient (Wildman–Crippen LogP) is 3.73. The first kappa shape index (κ1) is 18.9. The number of methoxy groups -OCH3 is 1. The van der Waals surface area contributed by atoms with Crippen molar-refractivity contribution in [2.45, 2.75) is 37.7 Å². The van der Waals surface area contributed by atoms with E-state index in [-0.39, 0.29) is 11.5 Å². The number of carbonyl (C=O) groups is 1. The fourth-order valence-corrected chi connectivity index (χ4v) is 4.54. The number of benzene rings is 1. The normalized spacial score (nSPS) is 21.5. The van der Waals surface area contributed by atoms with Gasteiger partial charge in [0.05, 0.1) is 12.7 Å². The lowest BCUT2D eigenvalue weighted by atomic mass is 9.77. The molecule has 1 aromatic heterocycles. The van der Waals surface area contributed by atoms with E-state index in [2.05, 4.69) is 17.1 Å². The Balaban J connectivity index is 1.34. The SMILES string of the molecule is COc1ccc(CC2CCOC3(CCN(C(=O)c4ccncc4)CC3)C2)cc1. The number of piperidine rings is 1. The highest BCUT2D eigenvalue weighted by atomic mass is 16.5. The summed E-state index contributed by atoms with van der Waals surface area (Å²) >= 11 is 0. The fraction of sp³-hybridized carbons (Fsp3) is 0.478. The van der Waals surface area contributed by atoms with Crippen LogP contribution >= 0.6 is 0 Å². The number of hydrogen-bond acceptors (Lipinski definition) is 4. The monoisotopic (exact) mass is 380 g/mol. The molecule has 1 spiro atoms. The molecule has 0 bridgehead atoms. The van der Waals surface area contributed by atoms with Crippen LogP contribution in [0.25, 0.3) is 0 Å². The second kappa shape index (κ2) is 8.31. The van der Waals surface area contributed by atoms with Gasteiger partial charge in [0.1, 0.15) is 5.75 Å². The lowest BCUT2D eigenvalue weighted by Crippen LogP contribution is -2.51. The Labute approximate surface area is 166 Å². The molecule has 2 aliphatic rings. The lowest BCUT2D eigenvalue weighted by molar-refractivity contribution is -0.123. The van der Waals surface area contributed by atoms with Crippen LogP contribution in [-0.2, 0) is 11.2 Å². The summed E-state index contributed by atoms with van der Waals surface area (Å²) in [5.41, 5.74) is 2.01. The van der Waals surface area contributed by atoms with Crippen LogP contribution in [0, 0.1) is 5.92 Å². The van der Waals surface area contributed by atoms with E-state index in [0.717, 1.165) is 57.6 Å². The van der Waals surface area contributed by atoms with E-state index >= 15 is 0 Å². The van der Waals surface area contributed by atoms with E-state index in [4.69, 9.17) is 9.47 Å². The van der Waals surface area contributed by atoms with Gasteiger partial charge in [0.2, 0.25) is 0 Å². The first-order chi connectivity index (χ1) is 13.7. The molecule has 2 aliphatic heterocycles. The van der Waals surface area contributed by atoms with Crippen molar-refractivity contribution in [1.82, 2.24) is 9.88 Å². The number of carbonyl (C=O) groups excluding carboxylic acids is 1. The Morgan fingerprint density at radius 1 is 1.18 bits per heavy atom. The largest absolute Gasteiger partial charge is 0.497 e. The Morgan fingerprint density at radius 2 is 1.89 bits per heavy atom. The number of amides is 1. The highest BCUT2D eigenvalue weighted by Gasteiger charge is 2.41. The fourth-order valence-electron chi connectivity index (χ4n) is 4.54. The zero-order valence-corrected chi connectivity index (χ0v) is 16.5. The summed E-state index contributed by atoms with van der Waals surface area (Å²) in [5.74, 6) is 1.63. The van der Waals surface area contributed by atoms with E-state index < -0.39 is 0 Å². The van der Waals surface area contributed by atoms with Gasteiger partial charge in [-0.1, -0.05) is 12.1 Å². The summed E-state index contributed by atoms with van der Waals surface area (Å²) in [5, 5.41) is 0. The van der Waals surface area contributed by atoms with E-state index in [1.165, 1.54) is 5.56 Å². The molecule has 2 fully saturated rings. The molecule has 28 heavy (non-hydrogen) atoms. The van der Waals surface area contributed by atoms with Crippen LogP contribution in [0.5, 0.6) is 5.75 Å². The topological polar surface area (TPSA) is 51.7 Å². The molecule has 3 heterocycles. The minimum Gasteiger partial charge on any atom is -0.497 e. The Bertz CT molecular complexity index is 783. The molecule has 2 aromatic rings. The minimum atomic E-state index is -0.0651. The first-order valence-electron chi connectivity index (χ1n) is 10.1. The molecule has 0 radical (unpaired) electrons. The quantitative estimate of drug-likeness (QED) is 0.811. The van der Waals surface area contributed by atoms with Crippen molar-refractivity contribution in [3.8, 4) is 5.75 Å². The van der Waals surface area contributed by atoms with Crippen molar-refractivity contribution in [3.63, 3.8) is 0 Å². The number of hydrogen-bond donors (Lipinski definition) is 0. The molecule has 1 unspecified atom stereocenters. The molecular formula is C23H28N2O3. The van der Waals surface area contributed by atoms with Crippen molar-refractivity contribution in [2.24, 2.45) is 5.92 Å². The van der Waals surface area contributed by atoms with Gasteiger partial charge in [0.25, 0.3) is 5.91 Å². The molecule has 5 nitrogen and oxygen atoms in total. The Hall–Kier alpha value is -2.40. The summed E-state index contributed by atoms with van der Waals surface area (Å²) in [6, 6.07) is 12.0. The highest BCUT2D eigenvalue weighted by molar-refractivity contribution is 5.94. The number of ether oxygens (including phenoxy) is 2. The van der Waals surface area contributed by atoms with Crippen molar-refractivity contribution in [3.05, 3.63) is 59.9 Å². The second-order valence-corrected chi connectivity index (χ2v) is 7.97. The summed E-state index contributed by atoms with van der Waals surface area (Å²) in [7, 11) is 1.70. The van der Waals surface area contributed by atoms with Gasteiger partial charge in [0, 0.05) is 37.7 Å². The zero-order chi connectivity index (χ0) is 19.4. The minimum absolute atomic E-state index is 0.0651. The molecule has 148 valence electrons. The van der Waals surface area contributed by atoms with Gasteiger partial charge in [-0.25, -0.2) is 0 Å². The lowest BCUT2D eigenvalue weighted by Gasteiger charge is -2.46. The van der Waals surface area contributed by atoms with Crippen molar-refractivity contribution in [1.29, 1.82) is 0 Å². The van der Waals surface area contributed by atoms with Crippen LogP contribution in [-0.4, -0.2) is 48.2 Å². The van der Waals surface area contributed by atoms with E-state index in [1.54, 1.807) is 31.6 Å². The van der Waals surface area contributed by atoms with Crippen LogP contribution in [0.3, 0.4) is 0 Å². The molecule has 2 saturated heterocycles. The molecule has 0 N–H and O–H groups in total. The standard InChI is InChI=1S/C23H28N2O3/c1-27-21-4-2-18(3-5-21)16-19-8-15-28-23(17-19)9-13-25(14-10-23)22(26)20-6-11-24-12-7-20/h2-7,11-12,19H,8-10,13-17H2,1H3. The van der Waals surface area contributed by atoms with E-state index in [0.29, 0.717) is 11.5 Å². The average Bonchev–Trinajstić information content (AvgIpc) is 2.75. The van der Waals surface area contributed by atoms with Gasteiger partial charge in [0.15, 0.2) is 0 Å². The van der Waals surface area contributed by atoms with Gasteiger partial charge >= 0.3 is 0 Å². The van der Waals surface area contributed by atoms with Crippen LogP contribution in [0.2, 0.25) is 0 Å². The van der Waals surface area contributed by atoms with Crippen LogP contribution in [0.4, 0.5) is 0 Å². The number of aromatic nitrogens is 1. The third-order valence-electron chi connectivity index (χ3n) is 6.17. The maximum Gasteiger partial charge on any atom is 0.253 e. The maximum absolute atomic E-state index is 12.7. The van der Waals surface area contributed by atoms with Crippen molar-refractivity contribution in [2.75, 3.05) is 26.8 Å².